The topological polar surface area (TPSA) is 18.5 Å². The normalized spacial score (nSPS) is 33.1. The van der Waals surface area contributed by atoms with Crippen molar-refractivity contribution in [2.45, 2.75) is 31.5 Å². The molecule has 2 heterocycles. The molecule has 0 radical (unpaired) electrons. The summed E-state index contributed by atoms with van der Waals surface area (Å²) in [5.41, 5.74) is 1.21. The average Bonchev–Trinajstić information content (AvgIpc) is 2.71. The van der Waals surface area contributed by atoms with Gasteiger partial charge in [0.05, 0.1) is 18.3 Å². The van der Waals surface area contributed by atoms with E-state index in [1.165, 1.54) is 5.56 Å². The van der Waals surface area contributed by atoms with E-state index in [0.717, 1.165) is 19.4 Å². The van der Waals surface area contributed by atoms with E-state index in [1.54, 1.807) is 18.4 Å². The Labute approximate surface area is 88.8 Å². The predicted octanol–water partition coefficient (Wildman–Crippen LogP) is 2.79. The molecule has 3 heteroatoms. The first-order valence-corrected chi connectivity index (χ1v) is 5.90. The Hall–Kier alpha value is -0.380. The molecule has 2 rings (SSSR count). The minimum absolute atomic E-state index is 0.0995. The van der Waals surface area contributed by atoms with Crippen molar-refractivity contribution in [3.63, 3.8) is 0 Å². The Balaban J connectivity index is 2.25. The van der Waals surface area contributed by atoms with Gasteiger partial charge < -0.3 is 9.47 Å². The fraction of sp³-hybridized carbons (Fsp3) is 0.636. The van der Waals surface area contributed by atoms with E-state index in [1.807, 2.05) is 0 Å². The first kappa shape index (κ1) is 10.1. The smallest absolute Gasteiger partial charge is 0.0982 e. The second kappa shape index (κ2) is 4.01. The maximum atomic E-state index is 5.72. The van der Waals surface area contributed by atoms with Gasteiger partial charge in [-0.15, -0.1) is 0 Å². The maximum Gasteiger partial charge on any atom is 0.0982 e. The van der Waals surface area contributed by atoms with Crippen LogP contribution in [0.25, 0.3) is 0 Å². The van der Waals surface area contributed by atoms with Crippen LogP contribution in [0.4, 0.5) is 0 Å². The molecule has 0 spiro atoms. The highest BCUT2D eigenvalue weighted by Crippen LogP contribution is 2.38. The summed E-state index contributed by atoms with van der Waals surface area (Å²) in [7, 11) is 1.80. The first-order valence-electron chi connectivity index (χ1n) is 4.96. The third kappa shape index (κ3) is 1.72. The van der Waals surface area contributed by atoms with Gasteiger partial charge in [-0.3, -0.25) is 0 Å². The van der Waals surface area contributed by atoms with Crippen LogP contribution in [0.2, 0.25) is 0 Å². The molecule has 0 amide bonds. The van der Waals surface area contributed by atoms with Gasteiger partial charge in [0.15, 0.2) is 0 Å². The van der Waals surface area contributed by atoms with Gasteiger partial charge in [-0.1, -0.05) is 0 Å². The van der Waals surface area contributed by atoms with Crippen molar-refractivity contribution in [3.05, 3.63) is 22.4 Å². The van der Waals surface area contributed by atoms with Crippen molar-refractivity contribution in [1.82, 2.24) is 0 Å². The van der Waals surface area contributed by atoms with Crippen molar-refractivity contribution < 1.29 is 9.47 Å². The van der Waals surface area contributed by atoms with Gasteiger partial charge in [-0.05, 0) is 29.3 Å². The number of hydrogen-bond acceptors (Lipinski definition) is 3. The summed E-state index contributed by atoms with van der Waals surface area (Å²) in [6.07, 6.45) is 2.22. The second-order valence-corrected chi connectivity index (χ2v) is 4.63. The SMILES string of the molecule is COC1(c2ccsc2)CCOC(C)C1. The van der Waals surface area contributed by atoms with E-state index in [9.17, 15) is 0 Å². The van der Waals surface area contributed by atoms with Crippen LogP contribution in [0.1, 0.15) is 25.3 Å². The van der Waals surface area contributed by atoms with Crippen molar-refractivity contribution >= 4 is 11.3 Å². The molecule has 14 heavy (non-hydrogen) atoms. The monoisotopic (exact) mass is 212 g/mol. The van der Waals surface area contributed by atoms with Crippen LogP contribution in [0.3, 0.4) is 0 Å². The number of thiophene rings is 1. The molecule has 2 nitrogen and oxygen atoms in total. The third-order valence-corrected chi connectivity index (χ3v) is 3.65. The van der Waals surface area contributed by atoms with E-state index < -0.39 is 0 Å². The standard InChI is InChI=1S/C11H16O2S/c1-9-7-11(12-2,4-5-13-9)10-3-6-14-8-10/h3,6,8-9H,4-5,7H2,1-2H3. The van der Waals surface area contributed by atoms with Crippen LogP contribution in [-0.2, 0) is 15.1 Å². The summed E-state index contributed by atoms with van der Waals surface area (Å²) in [6.45, 7) is 2.91. The lowest BCUT2D eigenvalue weighted by Crippen LogP contribution is -2.38. The summed E-state index contributed by atoms with van der Waals surface area (Å²) in [5.74, 6) is 0. The Kier molecular flexibility index (Phi) is 2.91. The lowest BCUT2D eigenvalue weighted by atomic mass is 9.85. The van der Waals surface area contributed by atoms with Crippen molar-refractivity contribution in [2.75, 3.05) is 13.7 Å². The Morgan fingerprint density at radius 1 is 1.64 bits per heavy atom. The van der Waals surface area contributed by atoms with E-state index in [0.29, 0.717) is 6.10 Å². The molecule has 2 unspecified atom stereocenters. The molecule has 1 aromatic heterocycles. The van der Waals surface area contributed by atoms with Gasteiger partial charge in [0, 0.05) is 20.0 Å². The molecule has 1 aliphatic heterocycles. The quantitative estimate of drug-likeness (QED) is 0.750. The van der Waals surface area contributed by atoms with Crippen LogP contribution in [0, 0.1) is 0 Å². The molecular weight excluding hydrogens is 196 g/mol. The lowest BCUT2D eigenvalue weighted by molar-refractivity contribution is -0.122. The summed E-state index contributed by atoms with van der Waals surface area (Å²) in [6, 6.07) is 2.16. The number of rotatable bonds is 2. The van der Waals surface area contributed by atoms with Crippen LogP contribution in [-0.4, -0.2) is 19.8 Å². The van der Waals surface area contributed by atoms with Gasteiger partial charge >= 0.3 is 0 Å². The molecule has 78 valence electrons. The summed E-state index contributed by atoms with van der Waals surface area (Å²) in [5, 5.41) is 4.29. The zero-order chi connectivity index (χ0) is 10.0. The van der Waals surface area contributed by atoms with Gasteiger partial charge in [0.2, 0.25) is 0 Å². The van der Waals surface area contributed by atoms with Crippen LogP contribution in [0.15, 0.2) is 16.8 Å². The molecule has 0 aromatic carbocycles. The lowest BCUT2D eigenvalue weighted by Gasteiger charge is -2.38. The highest BCUT2D eigenvalue weighted by Gasteiger charge is 2.37. The average molecular weight is 212 g/mol. The van der Waals surface area contributed by atoms with E-state index in [4.69, 9.17) is 9.47 Å². The van der Waals surface area contributed by atoms with E-state index in [-0.39, 0.29) is 5.60 Å². The zero-order valence-corrected chi connectivity index (χ0v) is 9.47. The Morgan fingerprint density at radius 2 is 2.50 bits per heavy atom. The van der Waals surface area contributed by atoms with E-state index >= 15 is 0 Å². The van der Waals surface area contributed by atoms with Gasteiger partial charge in [-0.25, -0.2) is 0 Å². The molecule has 0 aliphatic carbocycles. The molecule has 2 atom stereocenters. The molecule has 1 aliphatic rings. The van der Waals surface area contributed by atoms with Gasteiger partial charge in [0.25, 0.3) is 0 Å². The van der Waals surface area contributed by atoms with E-state index in [2.05, 4.69) is 23.8 Å². The van der Waals surface area contributed by atoms with Crippen LogP contribution in [0.5, 0.6) is 0 Å². The fourth-order valence-electron chi connectivity index (χ4n) is 2.14. The number of hydrogen-bond donors (Lipinski definition) is 0. The predicted molar refractivity (Wildman–Crippen MR) is 57.7 cm³/mol. The number of methoxy groups -OCH3 is 1. The molecule has 1 fully saturated rings. The molecule has 1 aromatic rings. The van der Waals surface area contributed by atoms with Crippen LogP contribution < -0.4 is 0 Å². The second-order valence-electron chi connectivity index (χ2n) is 3.85. The minimum Gasteiger partial charge on any atom is -0.378 e. The Bertz CT molecular complexity index is 283. The summed E-state index contributed by atoms with van der Waals surface area (Å²) >= 11 is 1.73. The number of ether oxygens (including phenoxy) is 2. The molecule has 1 saturated heterocycles. The van der Waals surface area contributed by atoms with Crippen molar-refractivity contribution in [3.8, 4) is 0 Å². The highest BCUT2D eigenvalue weighted by atomic mass is 32.1. The summed E-state index contributed by atoms with van der Waals surface area (Å²) < 4.78 is 11.3. The van der Waals surface area contributed by atoms with Crippen LogP contribution >= 0.6 is 11.3 Å². The first-order chi connectivity index (χ1) is 6.77. The Morgan fingerprint density at radius 3 is 3.07 bits per heavy atom. The molecule has 0 N–H and O–H groups in total. The van der Waals surface area contributed by atoms with Gasteiger partial charge in [0.1, 0.15) is 0 Å². The maximum absolute atomic E-state index is 5.72. The minimum atomic E-state index is -0.0995. The molecule has 0 bridgehead atoms. The van der Waals surface area contributed by atoms with Crippen molar-refractivity contribution in [1.29, 1.82) is 0 Å². The highest BCUT2D eigenvalue weighted by molar-refractivity contribution is 7.08. The fourth-order valence-corrected chi connectivity index (χ4v) is 2.88. The third-order valence-electron chi connectivity index (χ3n) is 2.96. The zero-order valence-electron chi connectivity index (χ0n) is 8.66. The largest absolute Gasteiger partial charge is 0.378 e. The summed E-state index contributed by atoms with van der Waals surface area (Å²) in [4.78, 5) is 0. The molecular formula is C11H16O2S. The molecule has 0 saturated carbocycles. The van der Waals surface area contributed by atoms with Crippen molar-refractivity contribution in [2.24, 2.45) is 0 Å². The van der Waals surface area contributed by atoms with Gasteiger partial charge in [-0.2, -0.15) is 11.3 Å².